The van der Waals surface area contributed by atoms with E-state index < -0.39 is 0 Å². The lowest BCUT2D eigenvalue weighted by Crippen LogP contribution is -2.39. The molecule has 1 aromatic heterocycles. The van der Waals surface area contributed by atoms with E-state index in [-0.39, 0.29) is 23.8 Å². The first-order valence-electron chi connectivity index (χ1n) is 11.3. The molecule has 0 radical (unpaired) electrons. The van der Waals surface area contributed by atoms with Crippen LogP contribution < -0.4 is 5.32 Å². The second-order valence-electron chi connectivity index (χ2n) is 8.74. The lowest BCUT2D eigenvalue weighted by atomic mass is 9.89. The number of pyridine rings is 1. The Morgan fingerprint density at radius 2 is 1.68 bits per heavy atom. The number of rotatable bonds is 4. The van der Waals surface area contributed by atoms with Crippen molar-refractivity contribution in [2.45, 2.75) is 63.8 Å². The van der Waals surface area contributed by atoms with Crippen molar-refractivity contribution in [2.24, 2.45) is 0 Å². The molecule has 1 saturated heterocycles. The number of aromatic nitrogens is 1. The van der Waals surface area contributed by atoms with E-state index in [4.69, 9.17) is 16.6 Å². The van der Waals surface area contributed by atoms with Gasteiger partial charge in [-0.05, 0) is 56.9 Å². The van der Waals surface area contributed by atoms with Crippen molar-refractivity contribution < 1.29 is 9.59 Å². The monoisotopic (exact) mass is 439 g/mol. The maximum Gasteiger partial charge on any atom is 0.255 e. The Hall–Kier alpha value is -2.40. The molecule has 0 spiro atoms. The fourth-order valence-electron chi connectivity index (χ4n) is 4.75. The molecule has 164 valence electrons. The SMILES string of the molecule is Cc1ccc(C(=O)NC2CCCCC2)c(C2CCN(C(=O)c3ccccc3Cl)CC2)n1. The van der Waals surface area contributed by atoms with Crippen molar-refractivity contribution in [3.63, 3.8) is 0 Å². The van der Waals surface area contributed by atoms with E-state index in [0.29, 0.717) is 29.2 Å². The fourth-order valence-corrected chi connectivity index (χ4v) is 4.97. The van der Waals surface area contributed by atoms with Crippen molar-refractivity contribution in [1.29, 1.82) is 0 Å². The number of carbonyl (C=O) groups is 2. The smallest absolute Gasteiger partial charge is 0.255 e. The molecule has 6 heteroatoms. The highest BCUT2D eigenvalue weighted by Gasteiger charge is 2.29. The third-order valence-corrected chi connectivity index (χ3v) is 6.85. The largest absolute Gasteiger partial charge is 0.349 e. The van der Waals surface area contributed by atoms with Crippen LogP contribution in [0, 0.1) is 6.92 Å². The topological polar surface area (TPSA) is 62.3 Å². The molecule has 0 bridgehead atoms. The number of aryl methyl sites for hydroxylation is 1. The minimum absolute atomic E-state index is 0.0102. The fraction of sp³-hybridized carbons (Fsp3) is 0.480. The molecule has 4 rings (SSSR count). The van der Waals surface area contributed by atoms with Crippen LogP contribution in [-0.2, 0) is 0 Å². The number of piperidine rings is 1. The van der Waals surface area contributed by atoms with Gasteiger partial charge in [-0.15, -0.1) is 0 Å². The second kappa shape index (κ2) is 9.82. The summed E-state index contributed by atoms with van der Waals surface area (Å²) in [6.45, 7) is 3.23. The average Bonchev–Trinajstić information content (AvgIpc) is 2.79. The van der Waals surface area contributed by atoms with Crippen LogP contribution >= 0.6 is 11.6 Å². The molecule has 0 unspecified atom stereocenters. The average molecular weight is 440 g/mol. The number of benzene rings is 1. The van der Waals surface area contributed by atoms with E-state index >= 15 is 0 Å². The van der Waals surface area contributed by atoms with E-state index in [9.17, 15) is 9.59 Å². The molecule has 2 heterocycles. The van der Waals surface area contributed by atoms with Crippen LogP contribution in [0.5, 0.6) is 0 Å². The van der Waals surface area contributed by atoms with Crippen molar-refractivity contribution in [3.8, 4) is 0 Å². The summed E-state index contributed by atoms with van der Waals surface area (Å²) in [6, 6.07) is 11.3. The van der Waals surface area contributed by atoms with Gasteiger partial charge in [0.25, 0.3) is 11.8 Å². The highest BCUT2D eigenvalue weighted by Crippen LogP contribution is 2.31. The van der Waals surface area contributed by atoms with Crippen LogP contribution in [0.25, 0.3) is 0 Å². The number of nitrogens with zero attached hydrogens (tertiary/aromatic N) is 2. The molecule has 2 aliphatic rings. The van der Waals surface area contributed by atoms with Crippen LogP contribution in [0.4, 0.5) is 0 Å². The number of carbonyl (C=O) groups excluding carboxylic acids is 2. The zero-order valence-electron chi connectivity index (χ0n) is 18.1. The normalized spacial score (nSPS) is 18.1. The predicted molar refractivity (Wildman–Crippen MR) is 123 cm³/mol. The van der Waals surface area contributed by atoms with Gasteiger partial charge in [0.1, 0.15) is 0 Å². The Morgan fingerprint density at radius 3 is 2.39 bits per heavy atom. The molecule has 5 nitrogen and oxygen atoms in total. The summed E-state index contributed by atoms with van der Waals surface area (Å²) in [5.74, 6) is 0.128. The minimum atomic E-state index is -0.0310. The van der Waals surface area contributed by atoms with Gasteiger partial charge in [0.2, 0.25) is 0 Å². The quantitative estimate of drug-likeness (QED) is 0.718. The van der Waals surface area contributed by atoms with Crippen LogP contribution in [0.1, 0.15) is 83.0 Å². The predicted octanol–water partition coefficient (Wildman–Crippen LogP) is 5.13. The highest BCUT2D eigenvalue weighted by molar-refractivity contribution is 6.33. The van der Waals surface area contributed by atoms with Gasteiger partial charge in [0, 0.05) is 30.7 Å². The summed E-state index contributed by atoms with van der Waals surface area (Å²) in [5.41, 5.74) is 3.02. The van der Waals surface area contributed by atoms with E-state index in [1.165, 1.54) is 19.3 Å². The number of likely N-dealkylation sites (tertiary alicyclic amines) is 1. The van der Waals surface area contributed by atoms with Gasteiger partial charge in [0.05, 0.1) is 21.8 Å². The Kier molecular flexibility index (Phi) is 6.91. The lowest BCUT2D eigenvalue weighted by Gasteiger charge is -2.33. The Balaban J connectivity index is 1.45. The second-order valence-corrected chi connectivity index (χ2v) is 9.15. The molecule has 1 aliphatic carbocycles. The standard InChI is InChI=1S/C25H30ClN3O2/c1-17-11-12-21(24(30)28-19-7-3-2-4-8-19)23(27-17)18-13-15-29(16-14-18)25(31)20-9-5-6-10-22(20)26/h5-6,9-12,18-19H,2-4,7-8,13-16H2,1H3,(H,28,30). The third-order valence-electron chi connectivity index (χ3n) is 6.52. The zero-order chi connectivity index (χ0) is 21.8. The van der Waals surface area contributed by atoms with Crippen LogP contribution in [0.2, 0.25) is 5.02 Å². The van der Waals surface area contributed by atoms with Crippen LogP contribution in [0.3, 0.4) is 0 Å². The Labute approximate surface area is 189 Å². The van der Waals surface area contributed by atoms with Gasteiger partial charge in [-0.1, -0.05) is 43.0 Å². The Bertz CT molecular complexity index is 948. The van der Waals surface area contributed by atoms with Gasteiger partial charge in [-0.3, -0.25) is 14.6 Å². The summed E-state index contributed by atoms with van der Waals surface area (Å²) in [4.78, 5) is 32.6. The highest BCUT2D eigenvalue weighted by atomic mass is 35.5. The summed E-state index contributed by atoms with van der Waals surface area (Å²) in [5, 5.41) is 3.71. The molecular formula is C25H30ClN3O2. The minimum Gasteiger partial charge on any atom is -0.349 e. The molecule has 1 aliphatic heterocycles. The van der Waals surface area contributed by atoms with Gasteiger partial charge in [-0.2, -0.15) is 0 Å². The van der Waals surface area contributed by atoms with Gasteiger partial charge in [0.15, 0.2) is 0 Å². The van der Waals surface area contributed by atoms with E-state index in [1.54, 1.807) is 12.1 Å². The number of hydrogen-bond acceptors (Lipinski definition) is 3. The van der Waals surface area contributed by atoms with Crippen molar-refractivity contribution in [1.82, 2.24) is 15.2 Å². The van der Waals surface area contributed by atoms with E-state index in [2.05, 4.69) is 5.32 Å². The molecule has 1 N–H and O–H groups in total. The number of amides is 2. The molecule has 2 aromatic rings. The van der Waals surface area contributed by atoms with Crippen molar-refractivity contribution in [2.75, 3.05) is 13.1 Å². The first-order chi connectivity index (χ1) is 15.0. The van der Waals surface area contributed by atoms with E-state index in [1.807, 2.05) is 36.1 Å². The maximum absolute atomic E-state index is 13.1. The molecule has 2 amide bonds. The zero-order valence-corrected chi connectivity index (χ0v) is 18.8. The van der Waals surface area contributed by atoms with Crippen LogP contribution in [0.15, 0.2) is 36.4 Å². The van der Waals surface area contributed by atoms with Crippen molar-refractivity contribution in [3.05, 3.63) is 63.9 Å². The summed E-state index contributed by atoms with van der Waals surface area (Å²) in [6.07, 6.45) is 7.32. The third kappa shape index (κ3) is 5.09. The first kappa shape index (κ1) is 21.8. The summed E-state index contributed by atoms with van der Waals surface area (Å²) >= 11 is 6.21. The summed E-state index contributed by atoms with van der Waals surface area (Å²) in [7, 11) is 0. The van der Waals surface area contributed by atoms with Crippen LogP contribution in [-0.4, -0.2) is 40.8 Å². The van der Waals surface area contributed by atoms with Gasteiger partial charge in [-0.25, -0.2) is 0 Å². The molecule has 0 atom stereocenters. The number of nitrogens with one attached hydrogen (secondary N) is 1. The number of halogens is 1. The molecule has 31 heavy (non-hydrogen) atoms. The van der Waals surface area contributed by atoms with Crippen molar-refractivity contribution >= 4 is 23.4 Å². The molecule has 1 saturated carbocycles. The number of hydrogen-bond donors (Lipinski definition) is 1. The summed E-state index contributed by atoms with van der Waals surface area (Å²) < 4.78 is 0. The first-order valence-corrected chi connectivity index (χ1v) is 11.7. The van der Waals surface area contributed by atoms with Gasteiger partial charge >= 0.3 is 0 Å². The lowest BCUT2D eigenvalue weighted by molar-refractivity contribution is 0.0710. The Morgan fingerprint density at radius 1 is 0.968 bits per heavy atom. The van der Waals surface area contributed by atoms with E-state index in [0.717, 1.165) is 37.1 Å². The molecular weight excluding hydrogens is 410 g/mol. The maximum atomic E-state index is 13.1. The molecule has 2 fully saturated rings. The molecule has 1 aromatic carbocycles. The van der Waals surface area contributed by atoms with Gasteiger partial charge < -0.3 is 10.2 Å².